The maximum atomic E-state index is 12.4. The van der Waals surface area contributed by atoms with E-state index in [-0.39, 0.29) is 23.7 Å². The Morgan fingerprint density at radius 3 is 1.33 bits per heavy atom. The van der Waals surface area contributed by atoms with E-state index in [1.54, 1.807) is 6.92 Å². The highest BCUT2D eigenvalue weighted by molar-refractivity contribution is 7.18. The van der Waals surface area contributed by atoms with E-state index in [1.807, 2.05) is 19.1 Å². The van der Waals surface area contributed by atoms with Crippen molar-refractivity contribution in [1.29, 1.82) is 0 Å². The molecule has 57 heavy (non-hydrogen) atoms. The predicted octanol–water partition coefficient (Wildman–Crippen LogP) is 12.7. The van der Waals surface area contributed by atoms with E-state index in [0.717, 1.165) is 75.6 Å². The molecular weight excluding hydrogens is 724 g/mol. The average molecular weight is 777 g/mol. The lowest BCUT2D eigenvalue weighted by Gasteiger charge is -2.26. The Bertz CT molecular complexity index is 2150. The maximum absolute atomic E-state index is 12.4. The number of carbonyl (C=O) groups is 2. The van der Waals surface area contributed by atoms with Crippen molar-refractivity contribution in [3.05, 3.63) is 169 Å². The number of carbonyl (C=O) groups excluding carboxylic acids is 2. The number of hydrogen-bond donors (Lipinski definition) is 0. The van der Waals surface area contributed by atoms with E-state index in [4.69, 9.17) is 9.47 Å². The molecule has 0 fully saturated rings. The van der Waals surface area contributed by atoms with Crippen LogP contribution in [-0.2, 0) is 31.9 Å². The van der Waals surface area contributed by atoms with Gasteiger partial charge in [0.25, 0.3) is 0 Å². The number of Topliss-reactive ketones (excluding diaryl/α,β-unsaturated/α-hetero) is 1. The van der Waals surface area contributed by atoms with Crippen LogP contribution in [0.1, 0.15) is 57.6 Å². The van der Waals surface area contributed by atoms with Gasteiger partial charge in [-0.05, 0) is 128 Å². The fraction of sp³-hybridized carbons (Fsp3) is 0.240. The van der Waals surface area contributed by atoms with E-state index < -0.39 is 0 Å². The van der Waals surface area contributed by atoms with Crippen molar-refractivity contribution >= 4 is 55.1 Å². The Kier molecular flexibility index (Phi) is 14.5. The van der Waals surface area contributed by atoms with Gasteiger partial charge in [-0.3, -0.25) is 4.79 Å². The second kappa shape index (κ2) is 20.0. The quantitative estimate of drug-likeness (QED) is 0.0464. The third-order valence-corrected chi connectivity index (χ3v) is 10.4. The summed E-state index contributed by atoms with van der Waals surface area (Å²) < 4.78 is 11.3. The molecule has 0 aliphatic carbocycles. The number of rotatable bonds is 19. The number of nitrogens with zero attached hydrogens (tertiary/aromatic N) is 2. The molecule has 0 heterocycles. The lowest BCUT2D eigenvalue weighted by Crippen LogP contribution is -2.23. The van der Waals surface area contributed by atoms with Gasteiger partial charge in [-0.2, -0.15) is 0 Å². The monoisotopic (exact) mass is 776 g/mol. The minimum absolute atomic E-state index is 0.205. The van der Waals surface area contributed by atoms with Gasteiger partial charge in [0, 0.05) is 47.0 Å². The van der Waals surface area contributed by atoms with Crippen molar-refractivity contribution in [2.75, 3.05) is 23.0 Å². The molecule has 0 aliphatic rings. The average Bonchev–Trinajstić information content (AvgIpc) is 3.23. The van der Waals surface area contributed by atoms with Crippen LogP contribution in [0.15, 0.2) is 158 Å². The SMILES string of the molecule is CCCC(C)(P)OCCOC(=O)CCc1ccc(N(c2ccccc2)c2ccc(-c3ccc(N(c4ccccc4)c4ccc(CCC(C)=O)cc4)cc3)cc2)cc1. The van der Waals surface area contributed by atoms with Gasteiger partial charge < -0.3 is 24.1 Å². The molecule has 2 unspecified atom stereocenters. The van der Waals surface area contributed by atoms with Crippen LogP contribution in [-0.4, -0.2) is 30.3 Å². The normalized spacial score (nSPS) is 12.1. The summed E-state index contributed by atoms with van der Waals surface area (Å²) in [7, 11) is 2.74. The van der Waals surface area contributed by atoms with Crippen molar-refractivity contribution in [1.82, 2.24) is 0 Å². The molecule has 0 radical (unpaired) electrons. The molecule has 0 saturated carbocycles. The van der Waals surface area contributed by atoms with Crippen LogP contribution in [0.5, 0.6) is 0 Å². The van der Waals surface area contributed by atoms with Crippen LogP contribution in [0, 0.1) is 0 Å². The van der Waals surface area contributed by atoms with Crippen LogP contribution in [0.4, 0.5) is 34.1 Å². The summed E-state index contributed by atoms with van der Waals surface area (Å²) in [6.07, 6.45) is 4.19. The van der Waals surface area contributed by atoms with Crippen LogP contribution in [0.3, 0.4) is 0 Å². The highest BCUT2D eigenvalue weighted by Gasteiger charge is 2.18. The van der Waals surface area contributed by atoms with Crippen LogP contribution < -0.4 is 9.80 Å². The summed E-state index contributed by atoms with van der Waals surface area (Å²) >= 11 is 0. The number of aryl methyl sites for hydroxylation is 2. The third kappa shape index (κ3) is 11.7. The number of para-hydroxylation sites is 2. The highest BCUT2D eigenvalue weighted by atomic mass is 31.0. The topological polar surface area (TPSA) is 59.1 Å². The number of benzene rings is 6. The zero-order chi connectivity index (χ0) is 40.0. The number of anilines is 6. The van der Waals surface area contributed by atoms with Gasteiger partial charge in [-0.25, -0.2) is 0 Å². The molecule has 6 aromatic rings. The van der Waals surface area contributed by atoms with Gasteiger partial charge in [0.2, 0.25) is 0 Å². The summed E-state index contributed by atoms with van der Waals surface area (Å²) in [6.45, 7) is 6.44. The van der Waals surface area contributed by atoms with Crippen LogP contribution in [0.25, 0.3) is 11.1 Å². The van der Waals surface area contributed by atoms with Crippen molar-refractivity contribution in [3.63, 3.8) is 0 Å². The molecule has 2 atom stereocenters. The predicted molar refractivity (Wildman–Crippen MR) is 239 cm³/mol. The molecule has 0 aliphatic heterocycles. The summed E-state index contributed by atoms with van der Waals surface area (Å²) in [6, 6.07) is 55.0. The standard InChI is InChI=1S/C50H53N2O4P/c1-4-35-50(3,57)56-37-36-55-49(54)34-21-40-19-28-46(29-20-40)52(44-13-9-6-10-14-44)48-32-24-42(25-33-48)41-22-30-47(31-23-41)51(43-11-7-5-8-12-43)45-26-17-39(18-27-45)16-15-38(2)53/h5-14,17-20,22-33H,4,15-16,21,34-37,57H2,1-3H3. The van der Waals surface area contributed by atoms with Crippen molar-refractivity contribution in [3.8, 4) is 11.1 Å². The van der Waals surface area contributed by atoms with E-state index in [2.05, 4.69) is 172 Å². The summed E-state index contributed by atoms with van der Waals surface area (Å²) in [5.41, 5.74) is 10.8. The Morgan fingerprint density at radius 2 is 0.930 bits per heavy atom. The minimum atomic E-state index is -0.286. The molecular formula is C50H53N2O4P. The second-order valence-corrected chi connectivity index (χ2v) is 15.8. The highest BCUT2D eigenvalue weighted by Crippen LogP contribution is 2.38. The molecule has 7 heteroatoms. The number of ether oxygens (including phenoxy) is 2. The largest absolute Gasteiger partial charge is 0.463 e. The van der Waals surface area contributed by atoms with Crippen molar-refractivity contribution < 1.29 is 19.1 Å². The van der Waals surface area contributed by atoms with Crippen LogP contribution in [0.2, 0.25) is 0 Å². The number of ketones is 1. The number of esters is 1. The molecule has 0 saturated heterocycles. The first-order valence-electron chi connectivity index (χ1n) is 19.9. The molecule has 0 N–H and O–H groups in total. The molecule has 6 nitrogen and oxygen atoms in total. The fourth-order valence-electron chi connectivity index (χ4n) is 6.92. The molecule has 0 amide bonds. The van der Waals surface area contributed by atoms with Gasteiger partial charge >= 0.3 is 5.97 Å². The van der Waals surface area contributed by atoms with Crippen molar-refractivity contribution in [2.24, 2.45) is 0 Å². The zero-order valence-electron chi connectivity index (χ0n) is 33.3. The summed E-state index contributed by atoms with van der Waals surface area (Å²) in [4.78, 5) is 28.5. The van der Waals surface area contributed by atoms with Gasteiger partial charge in [-0.15, -0.1) is 9.24 Å². The molecule has 6 aromatic carbocycles. The van der Waals surface area contributed by atoms with E-state index in [9.17, 15) is 9.59 Å². The Hall–Kier alpha value is -5.55. The smallest absolute Gasteiger partial charge is 0.306 e. The van der Waals surface area contributed by atoms with Crippen molar-refractivity contribution in [2.45, 2.75) is 64.6 Å². The molecule has 6 rings (SSSR count). The molecule has 0 spiro atoms. The van der Waals surface area contributed by atoms with Gasteiger partial charge in [-0.1, -0.05) is 98.3 Å². The van der Waals surface area contributed by atoms with Gasteiger partial charge in [0.15, 0.2) is 0 Å². The molecule has 292 valence electrons. The molecule has 0 aromatic heterocycles. The maximum Gasteiger partial charge on any atom is 0.306 e. The first-order chi connectivity index (χ1) is 27.7. The Labute approximate surface area is 340 Å². The Morgan fingerprint density at radius 1 is 0.544 bits per heavy atom. The van der Waals surface area contributed by atoms with E-state index >= 15 is 0 Å². The second-order valence-electron chi connectivity index (χ2n) is 14.6. The third-order valence-electron chi connectivity index (χ3n) is 9.91. The lowest BCUT2D eigenvalue weighted by molar-refractivity contribution is -0.146. The molecule has 0 bridgehead atoms. The Balaban J connectivity index is 1.14. The number of hydrogen-bond acceptors (Lipinski definition) is 6. The zero-order valence-corrected chi connectivity index (χ0v) is 34.4. The first kappa shape index (κ1) is 41.1. The van der Waals surface area contributed by atoms with Gasteiger partial charge in [0.05, 0.1) is 11.9 Å². The summed E-state index contributed by atoms with van der Waals surface area (Å²) in [5, 5.41) is -0.286. The van der Waals surface area contributed by atoms with Gasteiger partial charge in [0.1, 0.15) is 12.4 Å². The summed E-state index contributed by atoms with van der Waals surface area (Å²) in [5.74, 6) is -0.0124. The minimum Gasteiger partial charge on any atom is -0.463 e. The van der Waals surface area contributed by atoms with Crippen LogP contribution >= 0.6 is 9.24 Å². The van der Waals surface area contributed by atoms with E-state index in [0.29, 0.717) is 25.9 Å². The first-order valence-corrected chi connectivity index (χ1v) is 20.4. The fourth-order valence-corrected chi connectivity index (χ4v) is 7.32. The lowest BCUT2D eigenvalue weighted by atomic mass is 10.0. The van der Waals surface area contributed by atoms with E-state index in [1.165, 1.54) is 0 Å².